The highest BCUT2D eigenvalue weighted by atomic mass is 35.5. The Labute approximate surface area is 195 Å². The van der Waals surface area contributed by atoms with Gasteiger partial charge in [0.15, 0.2) is 0 Å². The number of piperidine rings is 2. The van der Waals surface area contributed by atoms with Crippen LogP contribution in [0, 0.1) is 5.92 Å². The van der Waals surface area contributed by atoms with Crippen LogP contribution >= 0.6 is 11.6 Å². The zero-order valence-electron chi connectivity index (χ0n) is 18.2. The number of carbonyl (C=O) groups excluding carboxylic acids is 1. The van der Waals surface area contributed by atoms with Crippen molar-refractivity contribution < 1.29 is 17.9 Å². The monoisotopic (exact) mass is 476 g/mol. The predicted octanol–water partition coefficient (Wildman–Crippen LogP) is 4.50. The summed E-state index contributed by atoms with van der Waals surface area (Å²) in [4.78, 5) is 15.6. The molecule has 2 aliphatic heterocycles. The van der Waals surface area contributed by atoms with E-state index in [4.69, 9.17) is 16.3 Å². The molecule has 2 heterocycles. The van der Waals surface area contributed by atoms with E-state index in [1.807, 2.05) is 23.1 Å². The van der Waals surface area contributed by atoms with Gasteiger partial charge in [0.25, 0.3) is 0 Å². The van der Waals surface area contributed by atoms with Crippen molar-refractivity contribution in [2.75, 3.05) is 26.7 Å². The van der Waals surface area contributed by atoms with E-state index in [0.717, 1.165) is 24.8 Å². The number of halogens is 1. The molecular weight excluding hydrogens is 448 g/mol. The fourth-order valence-electron chi connectivity index (χ4n) is 4.81. The van der Waals surface area contributed by atoms with E-state index in [-0.39, 0.29) is 35.1 Å². The fraction of sp³-hybridized carbons (Fsp3) is 0.458. The van der Waals surface area contributed by atoms with Gasteiger partial charge in [-0.25, -0.2) is 8.42 Å². The molecule has 2 aliphatic rings. The van der Waals surface area contributed by atoms with Crippen molar-refractivity contribution in [1.29, 1.82) is 0 Å². The topological polar surface area (TPSA) is 66.9 Å². The van der Waals surface area contributed by atoms with Gasteiger partial charge in [-0.1, -0.05) is 41.9 Å². The Bertz CT molecular complexity index is 1060. The summed E-state index contributed by atoms with van der Waals surface area (Å²) < 4.78 is 33.5. The molecule has 0 aromatic heterocycles. The normalized spacial score (nSPS) is 22.5. The van der Waals surface area contributed by atoms with E-state index in [9.17, 15) is 13.2 Å². The molecule has 0 radical (unpaired) electrons. The van der Waals surface area contributed by atoms with Crippen LogP contribution in [-0.2, 0) is 14.8 Å². The third kappa shape index (κ3) is 4.65. The minimum Gasteiger partial charge on any atom is -0.495 e. The van der Waals surface area contributed by atoms with E-state index in [1.165, 1.54) is 17.5 Å². The highest BCUT2D eigenvalue weighted by Gasteiger charge is 2.38. The summed E-state index contributed by atoms with van der Waals surface area (Å²) in [6.07, 6.45) is 4.33. The van der Waals surface area contributed by atoms with Crippen molar-refractivity contribution in [3.8, 4) is 5.75 Å². The van der Waals surface area contributed by atoms with Crippen molar-refractivity contribution >= 4 is 27.5 Å². The number of likely N-dealkylation sites (tertiary alicyclic amines) is 1. The van der Waals surface area contributed by atoms with Crippen LogP contribution in [0.2, 0.25) is 5.02 Å². The van der Waals surface area contributed by atoms with Crippen LogP contribution in [0.5, 0.6) is 5.75 Å². The van der Waals surface area contributed by atoms with Crippen LogP contribution in [-0.4, -0.2) is 50.3 Å². The molecular formula is C24H29ClN2O4S. The van der Waals surface area contributed by atoms with Crippen LogP contribution in [0.25, 0.3) is 0 Å². The van der Waals surface area contributed by atoms with Crippen molar-refractivity contribution in [3.05, 3.63) is 59.1 Å². The summed E-state index contributed by atoms with van der Waals surface area (Å²) in [6, 6.07) is 14.7. The molecule has 0 N–H and O–H groups in total. The minimum atomic E-state index is -3.84. The van der Waals surface area contributed by atoms with Gasteiger partial charge in [0, 0.05) is 24.7 Å². The highest BCUT2D eigenvalue weighted by Crippen LogP contribution is 2.35. The Kier molecular flexibility index (Phi) is 7.08. The van der Waals surface area contributed by atoms with Gasteiger partial charge >= 0.3 is 0 Å². The molecule has 2 aromatic rings. The lowest BCUT2D eigenvalue weighted by atomic mass is 9.91. The average Bonchev–Trinajstić information content (AvgIpc) is 2.84. The number of hydrogen-bond acceptors (Lipinski definition) is 4. The standard InChI is InChI=1S/C24H29ClN2O4S/c1-31-22-13-12-20(25)16-23(22)32(29,30)26-14-7-10-19(17-26)24(28)27-15-6-5-11-21(27)18-8-3-2-4-9-18/h2-4,8-9,12-13,16,19,21H,5-7,10-11,14-15,17H2,1H3. The number of benzene rings is 2. The van der Waals surface area contributed by atoms with E-state index in [1.54, 1.807) is 12.1 Å². The second-order valence-electron chi connectivity index (χ2n) is 8.45. The molecule has 2 fully saturated rings. The summed E-state index contributed by atoms with van der Waals surface area (Å²) in [5.41, 5.74) is 1.14. The number of ether oxygens (including phenoxy) is 1. The third-order valence-electron chi connectivity index (χ3n) is 6.45. The average molecular weight is 477 g/mol. The van der Waals surface area contributed by atoms with Gasteiger partial charge in [-0.15, -0.1) is 0 Å². The zero-order chi connectivity index (χ0) is 22.7. The lowest BCUT2D eigenvalue weighted by molar-refractivity contribution is -0.140. The Hall–Kier alpha value is -2.09. The molecule has 2 atom stereocenters. The first-order valence-corrected chi connectivity index (χ1v) is 12.9. The molecule has 172 valence electrons. The first-order chi connectivity index (χ1) is 15.4. The van der Waals surface area contributed by atoms with Crippen molar-refractivity contribution in [3.63, 3.8) is 0 Å². The molecule has 0 saturated carbocycles. The van der Waals surface area contributed by atoms with Crippen LogP contribution < -0.4 is 4.74 Å². The Morgan fingerprint density at radius 2 is 1.81 bits per heavy atom. The van der Waals surface area contributed by atoms with Gasteiger partial charge in [-0.2, -0.15) is 4.31 Å². The largest absolute Gasteiger partial charge is 0.495 e. The first kappa shape index (κ1) is 23.1. The third-order valence-corrected chi connectivity index (χ3v) is 8.57. The number of sulfonamides is 1. The van der Waals surface area contributed by atoms with Gasteiger partial charge in [-0.05, 0) is 55.9 Å². The van der Waals surface area contributed by atoms with Crippen molar-refractivity contribution in [2.24, 2.45) is 5.92 Å². The number of carbonyl (C=O) groups is 1. The van der Waals surface area contributed by atoms with Crippen LogP contribution in [0.15, 0.2) is 53.4 Å². The summed E-state index contributed by atoms with van der Waals surface area (Å²) in [5, 5.41) is 0.327. The molecule has 0 bridgehead atoms. The van der Waals surface area contributed by atoms with Gasteiger partial charge in [0.1, 0.15) is 10.6 Å². The maximum atomic E-state index is 13.6. The molecule has 0 aliphatic carbocycles. The van der Waals surface area contributed by atoms with Gasteiger partial charge in [0.05, 0.1) is 19.1 Å². The van der Waals surface area contributed by atoms with E-state index in [2.05, 4.69) is 12.1 Å². The second-order valence-corrected chi connectivity index (χ2v) is 10.8. The molecule has 6 nitrogen and oxygen atoms in total. The summed E-state index contributed by atoms with van der Waals surface area (Å²) >= 11 is 6.07. The maximum absolute atomic E-state index is 13.6. The Morgan fingerprint density at radius 1 is 1.03 bits per heavy atom. The molecule has 2 unspecified atom stereocenters. The lowest BCUT2D eigenvalue weighted by Crippen LogP contribution is -2.48. The Morgan fingerprint density at radius 3 is 2.56 bits per heavy atom. The smallest absolute Gasteiger partial charge is 0.246 e. The first-order valence-electron chi connectivity index (χ1n) is 11.1. The predicted molar refractivity (Wildman–Crippen MR) is 124 cm³/mol. The SMILES string of the molecule is COc1ccc(Cl)cc1S(=O)(=O)N1CCCC(C(=O)N2CCCCC2c2ccccc2)C1. The van der Waals surface area contributed by atoms with Crippen LogP contribution in [0.4, 0.5) is 0 Å². The Balaban J connectivity index is 1.56. The van der Waals surface area contributed by atoms with Gasteiger partial charge in [-0.3, -0.25) is 4.79 Å². The molecule has 32 heavy (non-hydrogen) atoms. The fourth-order valence-corrected chi connectivity index (χ4v) is 6.75. The summed E-state index contributed by atoms with van der Waals surface area (Å²) in [7, 11) is -2.40. The number of methoxy groups -OCH3 is 1. The molecule has 4 rings (SSSR count). The molecule has 8 heteroatoms. The van der Waals surface area contributed by atoms with E-state index >= 15 is 0 Å². The van der Waals surface area contributed by atoms with E-state index in [0.29, 0.717) is 31.0 Å². The zero-order valence-corrected chi connectivity index (χ0v) is 19.8. The molecule has 2 aromatic carbocycles. The van der Waals surface area contributed by atoms with Crippen molar-refractivity contribution in [2.45, 2.75) is 43.0 Å². The summed E-state index contributed by atoms with van der Waals surface area (Å²) in [5.74, 6) is -0.0486. The van der Waals surface area contributed by atoms with Crippen molar-refractivity contribution in [1.82, 2.24) is 9.21 Å². The van der Waals surface area contributed by atoms with Gasteiger partial charge in [0.2, 0.25) is 15.9 Å². The lowest BCUT2D eigenvalue weighted by Gasteiger charge is -2.40. The number of amides is 1. The van der Waals surface area contributed by atoms with Crippen LogP contribution in [0.3, 0.4) is 0 Å². The molecule has 1 amide bonds. The second kappa shape index (κ2) is 9.81. The number of nitrogens with zero attached hydrogens (tertiary/aromatic N) is 2. The quantitative estimate of drug-likeness (QED) is 0.637. The molecule has 2 saturated heterocycles. The van der Waals surface area contributed by atoms with Gasteiger partial charge < -0.3 is 9.64 Å². The number of rotatable bonds is 5. The number of hydrogen-bond donors (Lipinski definition) is 0. The molecule has 0 spiro atoms. The maximum Gasteiger partial charge on any atom is 0.246 e. The summed E-state index contributed by atoms with van der Waals surface area (Å²) in [6.45, 7) is 1.27. The van der Waals surface area contributed by atoms with Crippen LogP contribution in [0.1, 0.15) is 43.7 Å². The minimum absolute atomic E-state index is 0.0423. The van der Waals surface area contributed by atoms with E-state index < -0.39 is 10.0 Å². The highest BCUT2D eigenvalue weighted by molar-refractivity contribution is 7.89.